The number of hydrogen-bond acceptors (Lipinski definition) is 4. The van der Waals surface area contributed by atoms with Crippen molar-refractivity contribution in [3.8, 4) is 0 Å². The number of hydrogen-bond donors (Lipinski definition) is 2. The monoisotopic (exact) mass is 313 g/mol. The molecule has 0 unspecified atom stereocenters. The molecule has 0 aliphatic rings. The van der Waals surface area contributed by atoms with E-state index in [1.165, 1.54) is 11.1 Å². The summed E-state index contributed by atoms with van der Waals surface area (Å²) in [4.78, 5) is 16.2. The highest BCUT2D eigenvalue weighted by Crippen LogP contribution is 2.11. The zero-order valence-electron chi connectivity index (χ0n) is 13.6. The fraction of sp³-hybridized carbons (Fsp3) is 0.333. The molecule has 0 radical (unpaired) electrons. The molecule has 0 aliphatic carbocycles. The molecule has 0 saturated heterocycles. The summed E-state index contributed by atoms with van der Waals surface area (Å²) >= 11 is 0. The lowest BCUT2D eigenvalue weighted by Crippen LogP contribution is -2.26. The van der Waals surface area contributed by atoms with Crippen molar-refractivity contribution in [3.63, 3.8) is 0 Å². The van der Waals surface area contributed by atoms with E-state index in [1.807, 2.05) is 6.07 Å². The maximum Gasteiger partial charge on any atom is 0.269 e. The van der Waals surface area contributed by atoms with E-state index in [9.17, 15) is 4.79 Å². The Balaban J connectivity index is 1.88. The Morgan fingerprint density at radius 3 is 2.74 bits per heavy atom. The Bertz CT molecular complexity index is 626. The number of rotatable bonds is 8. The zero-order chi connectivity index (χ0) is 16.5. The number of carbonyl (C=O) groups excluding carboxylic acids is 1. The topological polar surface area (TPSA) is 63.2 Å². The summed E-state index contributed by atoms with van der Waals surface area (Å²) in [5, 5.41) is 6.14. The first-order chi connectivity index (χ1) is 11.2. The number of nitrogens with zero attached hydrogens (tertiary/aromatic N) is 1. The number of benzene rings is 1. The molecular weight excluding hydrogens is 290 g/mol. The Morgan fingerprint density at radius 2 is 2.00 bits per heavy atom. The fourth-order valence-electron chi connectivity index (χ4n) is 2.08. The molecule has 2 N–H and O–H groups in total. The van der Waals surface area contributed by atoms with Crippen molar-refractivity contribution in [1.82, 2.24) is 10.3 Å². The largest absolute Gasteiger partial charge is 0.385 e. The number of ether oxygens (including phenoxy) is 1. The minimum Gasteiger partial charge on any atom is -0.385 e. The van der Waals surface area contributed by atoms with Crippen LogP contribution in [0.5, 0.6) is 0 Å². The van der Waals surface area contributed by atoms with Crippen molar-refractivity contribution in [2.45, 2.75) is 19.9 Å². The highest BCUT2D eigenvalue weighted by atomic mass is 16.5. The first kappa shape index (κ1) is 17.0. The van der Waals surface area contributed by atoms with E-state index in [4.69, 9.17) is 4.74 Å². The lowest BCUT2D eigenvalue weighted by atomic mass is 10.1. The van der Waals surface area contributed by atoms with E-state index in [0.717, 1.165) is 12.1 Å². The van der Waals surface area contributed by atoms with Crippen molar-refractivity contribution < 1.29 is 9.53 Å². The predicted molar refractivity (Wildman–Crippen MR) is 91.6 cm³/mol. The van der Waals surface area contributed by atoms with Gasteiger partial charge in [0.15, 0.2) is 0 Å². The molecule has 1 aromatic heterocycles. The van der Waals surface area contributed by atoms with E-state index < -0.39 is 0 Å². The molecule has 5 heteroatoms. The van der Waals surface area contributed by atoms with Gasteiger partial charge >= 0.3 is 0 Å². The van der Waals surface area contributed by atoms with E-state index in [2.05, 4.69) is 46.8 Å². The van der Waals surface area contributed by atoms with Gasteiger partial charge in [-0.05, 0) is 31.0 Å². The van der Waals surface area contributed by atoms with Crippen molar-refractivity contribution in [3.05, 3.63) is 59.4 Å². The molecule has 1 heterocycles. The Hall–Kier alpha value is -2.40. The van der Waals surface area contributed by atoms with E-state index in [0.29, 0.717) is 25.4 Å². The number of anilines is 1. The zero-order valence-corrected chi connectivity index (χ0v) is 13.6. The summed E-state index contributed by atoms with van der Waals surface area (Å²) in [7, 11) is 1.65. The molecular formula is C18H23N3O2. The molecule has 0 atom stereocenters. The van der Waals surface area contributed by atoms with Crippen LogP contribution in [-0.4, -0.2) is 31.2 Å². The van der Waals surface area contributed by atoms with Gasteiger partial charge in [0.1, 0.15) is 5.69 Å². The molecule has 0 spiro atoms. The highest BCUT2D eigenvalue weighted by Gasteiger charge is 2.07. The summed E-state index contributed by atoms with van der Waals surface area (Å²) in [5.74, 6) is -0.167. The van der Waals surface area contributed by atoms with Gasteiger partial charge < -0.3 is 15.4 Å². The van der Waals surface area contributed by atoms with E-state index in [-0.39, 0.29) is 5.91 Å². The SMILES string of the molecule is COCCCNC(=O)c1cc(NCc2ccc(C)cc2)ccn1. The fourth-order valence-corrected chi connectivity index (χ4v) is 2.08. The second-order valence-corrected chi connectivity index (χ2v) is 5.37. The van der Waals surface area contributed by atoms with E-state index in [1.54, 1.807) is 19.4 Å². The van der Waals surface area contributed by atoms with Crippen LogP contribution >= 0.6 is 0 Å². The predicted octanol–water partition coefficient (Wildman–Crippen LogP) is 2.77. The van der Waals surface area contributed by atoms with Crippen LogP contribution in [-0.2, 0) is 11.3 Å². The summed E-state index contributed by atoms with van der Waals surface area (Å²) in [6.07, 6.45) is 2.43. The standard InChI is InChI=1S/C18H23N3O2/c1-14-4-6-15(7-5-14)13-21-16-8-10-19-17(12-16)18(22)20-9-3-11-23-2/h4-8,10,12H,3,9,11,13H2,1-2H3,(H,19,21)(H,20,22). The minimum absolute atomic E-state index is 0.167. The van der Waals surface area contributed by atoms with Crippen molar-refractivity contribution in [1.29, 1.82) is 0 Å². The van der Waals surface area contributed by atoms with Crippen LogP contribution in [0.25, 0.3) is 0 Å². The lowest BCUT2D eigenvalue weighted by molar-refractivity contribution is 0.0943. The molecule has 0 bridgehead atoms. The average molecular weight is 313 g/mol. The Kier molecular flexibility index (Phi) is 6.56. The van der Waals surface area contributed by atoms with Gasteiger partial charge in [-0.25, -0.2) is 0 Å². The van der Waals surface area contributed by atoms with Gasteiger partial charge in [0, 0.05) is 38.7 Å². The number of aryl methyl sites for hydroxylation is 1. The number of nitrogens with one attached hydrogen (secondary N) is 2. The third-order valence-electron chi connectivity index (χ3n) is 3.42. The van der Waals surface area contributed by atoms with Crippen molar-refractivity contribution >= 4 is 11.6 Å². The quantitative estimate of drug-likeness (QED) is 0.736. The van der Waals surface area contributed by atoms with Gasteiger partial charge in [0.05, 0.1) is 0 Å². The van der Waals surface area contributed by atoms with Gasteiger partial charge in [-0.3, -0.25) is 9.78 Å². The summed E-state index contributed by atoms with van der Waals surface area (Å²) in [5.41, 5.74) is 3.72. The van der Waals surface area contributed by atoms with Crippen LogP contribution in [0, 0.1) is 6.92 Å². The molecule has 0 fully saturated rings. The maximum atomic E-state index is 12.0. The average Bonchev–Trinajstić information content (AvgIpc) is 2.58. The molecule has 2 aromatic rings. The second kappa shape index (κ2) is 8.90. The van der Waals surface area contributed by atoms with Crippen molar-refractivity contribution in [2.24, 2.45) is 0 Å². The van der Waals surface area contributed by atoms with Crippen LogP contribution < -0.4 is 10.6 Å². The van der Waals surface area contributed by atoms with Crippen LogP contribution in [0.15, 0.2) is 42.6 Å². The lowest BCUT2D eigenvalue weighted by Gasteiger charge is -2.09. The van der Waals surface area contributed by atoms with Crippen LogP contribution in [0.1, 0.15) is 28.0 Å². The summed E-state index contributed by atoms with van der Waals surface area (Å²) in [6.45, 7) is 3.98. The smallest absolute Gasteiger partial charge is 0.269 e. The minimum atomic E-state index is -0.167. The molecule has 5 nitrogen and oxygen atoms in total. The van der Waals surface area contributed by atoms with Gasteiger partial charge in [-0.1, -0.05) is 29.8 Å². The molecule has 23 heavy (non-hydrogen) atoms. The first-order valence-corrected chi connectivity index (χ1v) is 7.71. The Morgan fingerprint density at radius 1 is 1.22 bits per heavy atom. The maximum absolute atomic E-state index is 12.0. The van der Waals surface area contributed by atoms with Crippen molar-refractivity contribution in [2.75, 3.05) is 25.6 Å². The van der Waals surface area contributed by atoms with Gasteiger partial charge in [-0.2, -0.15) is 0 Å². The van der Waals surface area contributed by atoms with Crippen LogP contribution in [0.4, 0.5) is 5.69 Å². The number of amides is 1. The number of aromatic nitrogens is 1. The molecule has 122 valence electrons. The Labute approximate surface area is 137 Å². The molecule has 0 aliphatic heterocycles. The third kappa shape index (κ3) is 5.71. The number of pyridine rings is 1. The molecule has 0 saturated carbocycles. The first-order valence-electron chi connectivity index (χ1n) is 7.71. The highest BCUT2D eigenvalue weighted by molar-refractivity contribution is 5.93. The number of carbonyl (C=O) groups is 1. The van der Waals surface area contributed by atoms with Crippen LogP contribution in [0.3, 0.4) is 0 Å². The third-order valence-corrected chi connectivity index (χ3v) is 3.42. The number of methoxy groups -OCH3 is 1. The molecule has 2 rings (SSSR count). The summed E-state index contributed by atoms with van der Waals surface area (Å²) in [6, 6.07) is 12.0. The van der Waals surface area contributed by atoms with E-state index >= 15 is 0 Å². The van der Waals surface area contributed by atoms with Crippen LogP contribution in [0.2, 0.25) is 0 Å². The normalized spacial score (nSPS) is 10.3. The van der Waals surface area contributed by atoms with Gasteiger partial charge in [0.2, 0.25) is 0 Å². The molecule has 1 amide bonds. The second-order valence-electron chi connectivity index (χ2n) is 5.37. The summed E-state index contributed by atoms with van der Waals surface area (Å²) < 4.78 is 4.95. The van der Waals surface area contributed by atoms with Gasteiger partial charge in [-0.15, -0.1) is 0 Å². The van der Waals surface area contributed by atoms with Gasteiger partial charge in [0.25, 0.3) is 5.91 Å². The molecule has 1 aromatic carbocycles.